The van der Waals surface area contributed by atoms with Gasteiger partial charge in [-0.2, -0.15) is 4.98 Å². The van der Waals surface area contributed by atoms with Crippen molar-refractivity contribution in [3.8, 4) is 0 Å². The van der Waals surface area contributed by atoms with Crippen LogP contribution in [0.1, 0.15) is 26.7 Å². The molecule has 2 amide bonds. The van der Waals surface area contributed by atoms with Crippen molar-refractivity contribution >= 4 is 40.7 Å². The summed E-state index contributed by atoms with van der Waals surface area (Å²) >= 11 is 5.80. The molecule has 29 heavy (non-hydrogen) atoms. The average molecular weight is 408 g/mol. The molecule has 0 spiro atoms. The quantitative estimate of drug-likeness (QED) is 0.537. The Morgan fingerprint density at radius 2 is 1.83 bits per heavy atom. The maximum absolute atomic E-state index is 12.6. The third-order valence-corrected chi connectivity index (χ3v) is 4.25. The van der Waals surface area contributed by atoms with E-state index in [2.05, 4.69) is 30.7 Å². The molecule has 0 aliphatic carbocycles. The number of rotatable bonds is 4. The molecule has 0 saturated heterocycles. The molecule has 0 aliphatic heterocycles. The Labute approximate surface area is 169 Å². The Morgan fingerprint density at radius 3 is 2.59 bits per heavy atom. The molecule has 0 aliphatic rings. The van der Waals surface area contributed by atoms with Gasteiger partial charge in [-0.3, -0.25) is 9.59 Å². The maximum Gasteiger partial charge on any atom is 0.295 e. The van der Waals surface area contributed by atoms with Gasteiger partial charge in [0.25, 0.3) is 17.6 Å². The molecule has 144 valence electrons. The number of para-hydroxylation sites is 1. The highest BCUT2D eigenvalue weighted by molar-refractivity contribution is 6.30. The van der Waals surface area contributed by atoms with Gasteiger partial charge >= 0.3 is 0 Å². The number of pyridine rings is 1. The molecule has 1 aromatic carbocycles. The molecule has 0 bridgehead atoms. The predicted molar refractivity (Wildman–Crippen MR) is 107 cm³/mol. The van der Waals surface area contributed by atoms with Crippen LogP contribution in [0.3, 0.4) is 0 Å². The third-order valence-electron chi connectivity index (χ3n) is 4.02. The first-order chi connectivity index (χ1) is 14.0. The number of nitrogens with one attached hydrogen (secondary N) is 2. The summed E-state index contributed by atoms with van der Waals surface area (Å²) in [5.41, 5.74) is 1.36. The molecule has 9 nitrogen and oxygen atoms in total. The third kappa shape index (κ3) is 3.90. The number of fused-ring (bicyclic) bond motifs is 1. The minimum atomic E-state index is -0.556. The minimum absolute atomic E-state index is 0.0543. The number of anilines is 2. The summed E-state index contributed by atoms with van der Waals surface area (Å²) in [4.78, 5) is 37.5. The molecule has 3 aromatic heterocycles. The molecule has 0 radical (unpaired) electrons. The summed E-state index contributed by atoms with van der Waals surface area (Å²) in [5.74, 6) is -0.392. The molecular weight excluding hydrogens is 394 g/mol. The van der Waals surface area contributed by atoms with Crippen LogP contribution in [0.5, 0.6) is 0 Å². The van der Waals surface area contributed by atoms with Crippen molar-refractivity contribution in [3.05, 3.63) is 77.0 Å². The summed E-state index contributed by atoms with van der Waals surface area (Å²) in [5, 5.41) is 9.96. The normalized spacial score (nSPS) is 10.7. The second kappa shape index (κ2) is 7.64. The van der Waals surface area contributed by atoms with Crippen molar-refractivity contribution in [3.63, 3.8) is 0 Å². The lowest BCUT2D eigenvalue weighted by Crippen LogP contribution is -2.19. The lowest BCUT2D eigenvalue weighted by atomic mass is 10.1. The van der Waals surface area contributed by atoms with Crippen molar-refractivity contribution in [2.24, 2.45) is 0 Å². The molecule has 10 heteroatoms. The van der Waals surface area contributed by atoms with Crippen molar-refractivity contribution in [1.82, 2.24) is 24.6 Å². The summed E-state index contributed by atoms with van der Waals surface area (Å²) in [6, 6.07) is 11.5. The van der Waals surface area contributed by atoms with Crippen LogP contribution in [0.15, 0.2) is 54.9 Å². The van der Waals surface area contributed by atoms with Gasteiger partial charge in [-0.05, 0) is 37.3 Å². The summed E-state index contributed by atoms with van der Waals surface area (Å²) < 4.78 is 1.47. The Kier molecular flexibility index (Phi) is 4.88. The van der Waals surface area contributed by atoms with E-state index in [1.807, 2.05) is 6.92 Å². The van der Waals surface area contributed by atoms with Gasteiger partial charge in [0.2, 0.25) is 5.82 Å². The van der Waals surface area contributed by atoms with Crippen LogP contribution in [-0.2, 0) is 0 Å². The van der Waals surface area contributed by atoms with E-state index in [1.165, 1.54) is 10.7 Å². The van der Waals surface area contributed by atoms with Crippen LogP contribution < -0.4 is 10.6 Å². The first kappa shape index (κ1) is 18.5. The van der Waals surface area contributed by atoms with E-state index < -0.39 is 11.8 Å². The fourth-order valence-corrected chi connectivity index (χ4v) is 2.72. The number of amides is 2. The average Bonchev–Trinajstić information content (AvgIpc) is 3.16. The molecule has 0 atom stereocenters. The topological polar surface area (TPSA) is 114 Å². The number of nitrogens with zero attached hydrogens (tertiary/aromatic N) is 5. The van der Waals surface area contributed by atoms with Crippen molar-refractivity contribution in [2.75, 3.05) is 10.6 Å². The Bertz CT molecular complexity index is 1220. The molecule has 4 rings (SSSR count). The van der Waals surface area contributed by atoms with Gasteiger partial charge in [0, 0.05) is 18.1 Å². The molecule has 2 N–H and O–H groups in total. The second-order valence-corrected chi connectivity index (χ2v) is 6.49. The van der Waals surface area contributed by atoms with E-state index in [-0.39, 0.29) is 11.4 Å². The van der Waals surface area contributed by atoms with Crippen LogP contribution in [0, 0.1) is 6.92 Å². The SMILES string of the molecule is Cc1ccnc2nc(C(=O)Nc3ccccc3C(=O)Nc3ccc(Cl)cn3)nn12. The molecular formula is C19H14ClN7O2. The first-order valence-corrected chi connectivity index (χ1v) is 8.91. The first-order valence-electron chi connectivity index (χ1n) is 8.53. The predicted octanol–water partition coefficient (Wildman–Crippen LogP) is 2.99. The van der Waals surface area contributed by atoms with Crippen LogP contribution in [-0.4, -0.2) is 36.4 Å². The highest BCUT2D eigenvalue weighted by Gasteiger charge is 2.18. The van der Waals surface area contributed by atoms with E-state index in [9.17, 15) is 9.59 Å². The van der Waals surface area contributed by atoms with E-state index in [1.54, 1.807) is 48.7 Å². The lowest BCUT2D eigenvalue weighted by Gasteiger charge is -2.10. The van der Waals surface area contributed by atoms with Crippen molar-refractivity contribution in [1.29, 1.82) is 0 Å². The van der Waals surface area contributed by atoms with Gasteiger partial charge in [-0.25, -0.2) is 14.5 Å². The highest BCUT2D eigenvalue weighted by atomic mass is 35.5. The molecule has 3 heterocycles. The monoisotopic (exact) mass is 407 g/mol. The number of hydrogen-bond donors (Lipinski definition) is 2. The van der Waals surface area contributed by atoms with E-state index in [0.717, 1.165) is 5.69 Å². The standard InChI is InChI=1S/C19H14ClN7O2/c1-11-8-9-21-19-25-16(26-27(11)19)18(29)23-14-5-3-2-4-13(14)17(28)24-15-7-6-12(20)10-22-15/h2-10H,1H3,(H,23,29)(H,22,24,28). The Morgan fingerprint density at radius 1 is 1.00 bits per heavy atom. The zero-order valence-corrected chi connectivity index (χ0v) is 15.9. The summed E-state index contributed by atoms with van der Waals surface area (Å²) in [7, 11) is 0. The van der Waals surface area contributed by atoms with Crippen LogP contribution in [0.4, 0.5) is 11.5 Å². The van der Waals surface area contributed by atoms with Gasteiger partial charge in [0.1, 0.15) is 5.82 Å². The molecule has 0 saturated carbocycles. The lowest BCUT2D eigenvalue weighted by molar-refractivity contribution is 0.101. The van der Waals surface area contributed by atoms with Crippen LogP contribution in [0.2, 0.25) is 5.02 Å². The fraction of sp³-hybridized carbons (Fsp3) is 0.0526. The van der Waals surface area contributed by atoms with Crippen molar-refractivity contribution < 1.29 is 9.59 Å². The second-order valence-electron chi connectivity index (χ2n) is 6.05. The summed E-state index contributed by atoms with van der Waals surface area (Å²) in [6.45, 7) is 1.83. The highest BCUT2D eigenvalue weighted by Crippen LogP contribution is 2.18. The number of carbonyl (C=O) groups is 2. The van der Waals surface area contributed by atoms with Crippen LogP contribution in [0.25, 0.3) is 5.78 Å². The van der Waals surface area contributed by atoms with E-state index in [0.29, 0.717) is 22.3 Å². The van der Waals surface area contributed by atoms with E-state index >= 15 is 0 Å². The number of aryl methyl sites for hydroxylation is 1. The molecule has 0 unspecified atom stereocenters. The maximum atomic E-state index is 12.6. The Hall–Kier alpha value is -3.85. The van der Waals surface area contributed by atoms with Crippen molar-refractivity contribution in [2.45, 2.75) is 6.92 Å². The number of aromatic nitrogens is 5. The fourth-order valence-electron chi connectivity index (χ4n) is 2.60. The van der Waals surface area contributed by atoms with Gasteiger partial charge < -0.3 is 10.6 Å². The number of carbonyl (C=O) groups excluding carboxylic acids is 2. The van der Waals surface area contributed by atoms with Gasteiger partial charge in [-0.1, -0.05) is 23.7 Å². The van der Waals surface area contributed by atoms with Gasteiger partial charge in [0.15, 0.2) is 0 Å². The summed E-state index contributed by atoms with van der Waals surface area (Å²) in [6.07, 6.45) is 3.02. The van der Waals surface area contributed by atoms with Gasteiger partial charge in [-0.15, -0.1) is 5.10 Å². The minimum Gasteiger partial charge on any atom is -0.318 e. The number of benzene rings is 1. The smallest absolute Gasteiger partial charge is 0.295 e. The zero-order valence-electron chi connectivity index (χ0n) is 15.1. The molecule has 4 aromatic rings. The van der Waals surface area contributed by atoms with Crippen LogP contribution >= 0.6 is 11.6 Å². The van der Waals surface area contributed by atoms with E-state index in [4.69, 9.17) is 11.6 Å². The zero-order chi connectivity index (χ0) is 20.4. The number of hydrogen-bond acceptors (Lipinski definition) is 6. The Balaban J connectivity index is 1.57. The van der Waals surface area contributed by atoms with Gasteiger partial charge in [0.05, 0.1) is 16.3 Å². The number of halogens is 1. The molecule has 0 fully saturated rings. The largest absolute Gasteiger partial charge is 0.318 e.